The lowest BCUT2D eigenvalue weighted by Crippen LogP contribution is -2.13. The van der Waals surface area contributed by atoms with Crippen molar-refractivity contribution >= 4 is 33.8 Å². The molecular weight excluding hydrogens is 379 g/mol. The van der Waals surface area contributed by atoms with Crippen LogP contribution in [-0.4, -0.2) is 25.5 Å². The Morgan fingerprint density at radius 1 is 1.21 bits per heavy atom. The molecule has 0 aliphatic heterocycles. The Bertz CT molecular complexity index is 786. The summed E-state index contributed by atoms with van der Waals surface area (Å²) in [4.78, 5) is 23.7. The first kappa shape index (κ1) is 17.9. The maximum Gasteiger partial charge on any atom is 0.331 e. The van der Waals surface area contributed by atoms with Crippen molar-refractivity contribution < 1.29 is 23.5 Å². The summed E-state index contributed by atoms with van der Waals surface area (Å²) in [7, 11) is 1.37. The first-order valence-electron chi connectivity index (χ1n) is 6.97. The van der Waals surface area contributed by atoms with E-state index in [1.165, 1.54) is 25.3 Å². The zero-order valence-electron chi connectivity index (χ0n) is 12.8. The first-order valence-corrected chi connectivity index (χ1v) is 7.76. The van der Waals surface area contributed by atoms with Gasteiger partial charge in [-0.25, -0.2) is 9.18 Å². The van der Waals surface area contributed by atoms with Crippen molar-refractivity contribution in [3.63, 3.8) is 0 Å². The summed E-state index contributed by atoms with van der Waals surface area (Å²) in [6, 6.07) is 10.9. The Morgan fingerprint density at radius 2 is 2.00 bits per heavy atom. The first-order chi connectivity index (χ1) is 11.5. The monoisotopic (exact) mass is 392 g/mol. The van der Waals surface area contributed by atoms with E-state index >= 15 is 0 Å². The molecule has 0 aliphatic carbocycles. The Balaban J connectivity index is 1.96. The predicted octanol–water partition coefficient (Wildman–Crippen LogP) is 4.04. The molecule has 0 unspecified atom stereocenters. The molecule has 2 aromatic rings. The van der Waals surface area contributed by atoms with Crippen molar-refractivity contribution in [3.05, 3.63) is 70.0 Å². The Labute approximate surface area is 147 Å². The van der Waals surface area contributed by atoms with Crippen molar-refractivity contribution in [2.75, 3.05) is 13.7 Å². The van der Waals surface area contributed by atoms with Crippen LogP contribution < -0.4 is 4.74 Å². The highest BCUT2D eigenvalue weighted by molar-refractivity contribution is 9.10. The van der Waals surface area contributed by atoms with Gasteiger partial charge in [0, 0.05) is 10.5 Å². The van der Waals surface area contributed by atoms with Gasteiger partial charge in [0.05, 0.1) is 12.7 Å². The maximum absolute atomic E-state index is 13.3. The number of ether oxygens (including phenoxy) is 2. The summed E-state index contributed by atoms with van der Waals surface area (Å²) in [5.74, 6) is -1.56. The van der Waals surface area contributed by atoms with Crippen LogP contribution in [0, 0.1) is 5.82 Å². The topological polar surface area (TPSA) is 52.6 Å². The smallest absolute Gasteiger partial charge is 0.331 e. The standard InChI is InChI=1S/C18H14BrFO4/c1-23-17-7-6-14(20)10-15(17)16(21)11-24-18(22)8-5-12-3-2-4-13(19)9-12/h2-10H,11H2,1H3/b8-5+. The molecule has 0 saturated heterocycles. The Hall–Kier alpha value is -2.47. The van der Waals surface area contributed by atoms with Crippen LogP contribution in [0.4, 0.5) is 4.39 Å². The van der Waals surface area contributed by atoms with E-state index < -0.39 is 24.2 Å². The van der Waals surface area contributed by atoms with Crippen LogP contribution in [0.2, 0.25) is 0 Å². The van der Waals surface area contributed by atoms with Gasteiger partial charge in [-0.2, -0.15) is 0 Å². The lowest BCUT2D eigenvalue weighted by atomic mass is 10.1. The van der Waals surface area contributed by atoms with E-state index in [2.05, 4.69) is 15.9 Å². The molecule has 0 atom stereocenters. The molecule has 0 heterocycles. The molecule has 124 valence electrons. The van der Waals surface area contributed by atoms with Crippen LogP contribution in [0.15, 0.2) is 53.0 Å². The average Bonchev–Trinajstić information content (AvgIpc) is 2.58. The molecule has 0 aliphatic rings. The van der Waals surface area contributed by atoms with E-state index in [0.29, 0.717) is 0 Å². The van der Waals surface area contributed by atoms with Gasteiger partial charge < -0.3 is 9.47 Å². The molecule has 0 saturated carbocycles. The highest BCUT2D eigenvalue weighted by Gasteiger charge is 2.15. The number of carbonyl (C=O) groups is 2. The van der Waals surface area contributed by atoms with Gasteiger partial charge in [-0.15, -0.1) is 0 Å². The molecule has 6 heteroatoms. The summed E-state index contributed by atoms with van der Waals surface area (Å²) in [6.45, 7) is -0.499. The Kier molecular flexibility index (Phi) is 6.26. The number of benzene rings is 2. The normalized spacial score (nSPS) is 10.6. The van der Waals surface area contributed by atoms with E-state index in [1.807, 2.05) is 24.3 Å². The highest BCUT2D eigenvalue weighted by Crippen LogP contribution is 2.20. The van der Waals surface area contributed by atoms with Gasteiger partial charge in [0.15, 0.2) is 6.61 Å². The second kappa shape index (κ2) is 8.40. The van der Waals surface area contributed by atoms with Crippen molar-refractivity contribution in [1.82, 2.24) is 0 Å². The zero-order valence-corrected chi connectivity index (χ0v) is 14.4. The van der Waals surface area contributed by atoms with Gasteiger partial charge in [-0.1, -0.05) is 28.1 Å². The summed E-state index contributed by atoms with van der Waals surface area (Å²) in [5.41, 5.74) is 0.834. The molecule has 0 fully saturated rings. The number of ketones is 1. The average molecular weight is 393 g/mol. The lowest BCUT2D eigenvalue weighted by Gasteiger charge is -2.07. The number of esters is 1. The van der Waals surface area contributed by atoms with Crippen LogP contribution in [0.25, 0.3) is 6.08 Å². The molecule has 0 amide bonds. The second-order valence-corrected chi connectivity index (χ2v) is 5.68. The minimum absolute atomic E-state index is 0.0290. The number of Topliss-reactive ketones (excluding diaryl/α,β-unsaturated/α-hetero) is 1. The number of hydrogen-bond acceptors (Lipinski definition) is 4. The third-order valence-corrected chi connectivity index (χ3v) is 3.56. The zero-order chi connectivity index (χ0) is 17.5. The fourth-order valence-electron chi connectivity index (χ4n) is 1.94. The number of carbonyl (C=O) groups excluding carboxylic acids is 2. The molecular formula is C18H14BrFO4. The quantitative estimate of drug-likeness (QED) is 0.423. The van der Waals surface area contributed by atoms with Crippen molar-refractivity contribution in [2.45, 2.75) is 0 Å². The molecule has 24 heavy (non-hydrogen) atoms. The third-order valence-electron chi connectivity index (χ3n) is 3.07. The molecule has 2 rings (SSSR count). The number of rotatable bonds is 6. The van der Waals surface area contributed by atoms with Crippen LogP contribution in [-0.2, 0) is 9.53 Å². The molecule has 0 aromatic heterocycles. The van der Waals surface area contributed by atoms with Gasteiger partial charge >= 0.3 is 5.97 Å². The second-order valence-electron chi connectivity index (χ2n) is 4.76. The van der Waals surface area contributed by atoms with Crippen LogP contribution in [0.3, 0.4) is 0 Å². The maximum atomic E-state index is 13.3. The number of hydrogen-bond donors (Lipinski definition) is 0. The van der Waals surface area contributed by atoms with Crippen molar-refractivity contribution in [3.8, 4) is 5.75 Å². The number of methoxy groups -OCH3 is 1. The van der Waals surface area contributed by atoms with Crippen LogP contribution in [0.5, 0.6) is 5.75 Å². The van der Waals surface area contributed by atoms with E-state index in [-0.39, 0.29) is 11.3 Å². The fraction of sp³-hybridized carbons (Fsp3) is 0.111. The van der Waals surface area contributed by atoms with Crippen LogP contribution in [0.1, 0.15) is 15.9 Å². The Morgan fingerprint density at radius 3 is 2.71 bits per heavy atom. The van der Waals surface area contributed by atoms with E-state index in [9.17, 15) is 14.0 Å². The largest absolute Gasteiger partial charge is 0.496 e. The van der Waals surface area contributed by atoms with E-state index in [1.54, 1.807) is 6.08 Å². The van der Waals surface area contributed by atoms with Gasteiger partial charge in [-0.3, -0.25) is 4.79 Å². The molecule has 0 radical (unpaired) electrons. The summed E-state index contributed by atoms with van der Waals surface area (Å²) >= 11 is 3.33. The van der Waals surface area contributed by atoms with Gasteiger partial charge in [0.25, 0.3) is 0 Å². The molecule has 0 spiro atoms. The van der Waals surface area contributed by atoms with E-state index in [4.69, 9.17) is 9.47 Å². The van der Waals surface area contributed by atoms with Crippen molar-refractivity contribution in [2.24, 2.45) is 0 Å². The third kappa shape index (κ3) is 5.03. The SMILES string of the molecule is COc1ccc(F)cc1C(=O)COC(=O)/C=C/c1cccc(Br)c1. The van der Waals surface area contributed by atoms with Gasteiger partial charge in [-0.05, 0) is 42.0 Å². The highest BCUT2D eigenvalue weighted by atomic mass is 79.9. The summed E-state index contributed by atoms with van der Waals surface area (Å²) in [5, 5.41) is 0. The van der Waals surface area contributed by atoms with Crippen molar-refractivity contribution in [1.29, 1.82) is 0 Å². The molecule has 2 aromatic carbocycles. The van der Waals surface area contributed by atoms with Crippen LogP contribution >= 0.6 is 15.9 Å². The summed E-state index contributed by atoms with van der Waals surface area (Å²) < 4.78 is 24.0. The molecule has 0 bridgehead atoms. The minimum Gasteiger partial charge on any atom is -0.496 e. The predicted molar refractivity (Wildman–Crippen MR) is 91.4 cm³/mol. The molecule has 4 nitrogen and oxygen atoms in total. The summed E-state index contributed by atoms with van der Waals surface area (Å²) in [6.07, 6.45) is 2.79. The number of halogens is 2. The van der Waals surface area contributed by atoms with Gasteiger partial charge in [0.2, 0.25) is 5.78 Å². The van der Waals surface area contributed by atoms with E-state index in [0.717, 1.165) is 16.1 Å². The molecule has 0 N–H and O–H groups in total. The lowest BCUT2D eigenvalue weighted by molar-refractivity contribution is -0.136. The minimum atomic E-state index is -0.668. The van der Waals surface area contributed by atoms with Gasteiger partial charge in [0.1, 0.15) is 11.6 Å². The fourth-order valence-corrected chi connectivity index (χ4v) is 2.35.